The number of aliphatic hydroxyl groups excluding tert-OH is 1. The van der Waals surface area contributed by atoms with Crippen LogP contribution in [0.15, 0.2) is 12.2 Å². The minimum atomic E-state index is -1.02. The Labute approximate surface area is 64.5 Å². The van der Waals surface area contributed by atoms with Crippen molar-refractivity contribution in [3.8, 4) is 0 Å². The van der Waals surface area contributed by atoms with Gasteiger partial charge in [0.15, 0.2) is 0 Å². The van der Waals surface area contributed by atoms with E-state index in [2.05, 4.69) is 5.32 Å². The van der Waals surface area contributed by atoms with E-state index in [4.69, 9.17) is 10.2 Å². The molecule has 1 unspecified atom stereocenters. The molecule has 0 saturated heterocycles. The maximum Gasteiger partial charge on any atom is 0.405 e. The highest BCUT2D eigenvalue weighted by molar-refractivity contribution is 5.65. The van der Waals surface area contributed by atoms with Crippen molar-refractivity contribution in [3.63, 3.8) is 0 Å². The lowest BCUT2D eigenvalue weighted by Crippen LogP contribution is -2.31. The summed E-state index contributed by atoms with van der Waals surface area (Å²) in [6.07, 6.45) is 3.26. The average molecular weight is 157 g/mol. The summed E-state index contributed by atoms with van der Waals surface area (Å²) in [5.41, 5.74) is 0. The van der Waals surface area contributed by atoms with Crippen molar-refractivity contribution in [1.82, 2.24) is 5.32 Å². The lowest BCUT2D eigenvalue weighted by atomic mass is 10.1. The van der Waals surface area contributed by atoms with Gasteiger partial charge in [-0.05, 0) is 6.42 Å². The maximum absolute atomic E-state index is 10.1. The Balaban J connectivity index is 2.32. The average Bonchev–Trinajstić information content (AvgIpc) is 2.34. The van der Waals surface area contributed by atoms with Gasteiger partial charge >= 0.3 is 6.09 Å². The SMILES string of the molecule is O=C(O)NC1C=C[C@H](CO)C1. The van der Waals surface area contributed by atoms with E-state index in [1.165, 1.54) is 0 Å². The topological polar surface area (TPSA) is 69.6 Å². The summed E-state index contributed by atoms with van der Waals surface area (Å²) >= 11 is 0. The standard InChI is InChI=1S/C7H11NO3/c9-4-5-1-2-6(3-5)8-7(10)11/h1-2,5-6,8-9H,3-4H2,(H,10,11)/t5-,6?/m0/s1. The van der Waals surface area contributed by atoms with Gasteiger partial charge in [0.1, 0.15) is 0 Å². The number of rotatable bonds is 2. The second-order valence-corrected chi connectivity index (χ2v) is 2.62. The van der Waals surface area contributed by atoms with Crippen LogP contribution in [0.1, 0.15) is 6.42 Å². The molecule has 0 spiro atoms. The van der Waals surface area contributed by atoms with Crippen LogP contribution in [-0.4, -0.2) is 29.0 Å². The Hall–Kier alpha value is -1.03. The molecule has 11 heavy (non-hydrogen) atoms. The number of hydrogen-bond donors (Lipinski definition) is 3. The quantitative estimate of drug-likeness (QED) is 0.501. The number of nitrogens with one attached hydrogen (secondary N) is 1. The van der Waals surface area contributed by atoms with Crippen molar-refractivity contribution in [3.05, 3.63) is 12.2 Å². The van der Waals surface area contributed by atoms with E-state index < -0.39 is 6.09 Å². The molecule has 1 aliphatic rings. The first-order valence-corrected chi connectivity index (χ1v) is 3.51. The van der Waals surface area contributed by atoms with Crippen LogP contribution in [0.3, 0.4) is 0 Å². The van der Waals surface area contributed by atoms with Crippen molar-refractivity contribution in [1.29, 1.82) is 0 Å². The number of aliphatic hydroxyl groups is 1. The first-order chi connectivity index (χ1) is 5.22. The lowest BCUT2D eigenvalue weighted by Gasteiger charge is -2.08. The molecule has 62 valence electrons. The fraction of sp³-hybridized carbons (Fsp3) is 0.571. The third-order valence-electron chi connectivity index (χ3n) is 1.72. The monoisotopic (exact) mass is 157 g/mol. The van der Waals surface area contributed by atoms with Crippen LogP contribution in [0.25, 0.3) is 0 Å². The molecule has 0 aliphatic heterocycles. The molecule has 3 N–H and O–H groups in total. The van der Waals surface area contributed by atoms with E-state index in [-0.39, 0.29) is 18.6 Å². The van der Waals surface area contributed by atoms with Gasteiger partial charge in [-0.1, -0.05) is 12.2 Å². The molecule has 0 fully saturated rings. The van der Waals surface area contributed by atoms with Crippen molar-refractivity contribution < 1.29 is 15.0 Å². The molecular formula is C7H11NO3. The molecule has 2 atom stereocenters. The zero-order chi connectivity index (χ0) is 8.27. The first kappa shape index (κ1) is 8.07. The van der Waals surface area contributed by atoms with Gasteiger partial charge in [0.2, 0.25) is 0 Å². The number of carbonyl (C=O) groups is 1. The van der Waals surface area contributed by atoms with Gasteiger partial charge < -0.3 is 15.5 Å². The Morgan fingerprint density at radius 2 is 2.36 bits per heavy atom. The molecule has 4 heteroatoms. The molecule has 0 heterocycles. The van der Waals surface area contributed by atoms with Gasteiger partial charge in [-0.2, -0.15) is 0 Å². The largest absolute Gasteiger partial charge is 0.465 e. The molecule has 1 rings (SSSR count). The highest BCUT2D eigenvalue weighted by Crippen LogP contribution is 2.16. The lowest BCUT2D eigenvalue weighted by molar-refractivity contribution is 0.189. The molecule has 1 aliphatic carbocycles. The number of amides is 1. The Bertz CT molecular complexity index is 179. The van der Waals surface area contributed by atoms with Gasteiger partial charge in [-0.25, -0.2) is 4.79 Å². The Morgan fingerprint density at radius 3 is 2.82 bits per heavy atom. The summed E-state index contributed by atoms with van der Waals surface area (Å²) in [6, 6.07) is -0.121. The summed E-state index contributed by atoms with van der Waals surface area (Å²) in [5.74, 6) is 0.117. The Kier molecular flexibility index (Phi) is 2.48. The highest BCUT2D eigenvalue weighted by atomic mass is 16.4. The number of hydrogen-bond acceptors (Lipinski definition) is 2. The molecular weight excluding hydrogens is 146 g/mol. The fourth-order valence-corrected chi connectivity index (χ4v) is 1.18. The summed E-state index contributed by atoms with van der Waals surface area (Å²) in [6.45, 7) is 0.0916. The molecule has 4 nitrogen and oxygen atoms in total. The highest BCUT2D eigenvalue weighted by Gasteiger charge is 2.18. The summed E-state index contributed by atoms with van der Waals surface area (Å²) in [7, 11) is 0. The Morgan fingerprint density at radius 1 is 1.64 bits per heavy atom. The predicted octanol–water partition coefficient (Wildman–Crippen LogP) is 0.191. The van der Waals surface area contributed by atoms with Crippen LogP contribution < -0.4 is 5.32 Å². The van der Waals surface area contributed by atoms with Crippen LogP contribution in [0.5, 0.6) is 0 Å². The van der Waals surface area contributed by atoms with E-state index in [0.29, 0.717) is 6.42 Å². The molecule has 1 amide bonds. The molecule has 0 radical (unpaired) electrons. The van der Waals surface area contributed by atoms with E-state index in [1.807, 2.05) is 6.08 Å². The molecule has 0 aromatic carbocycles. The van der Waals surface area contributed by atoms with Crippen molar-refractivity contribution in [2.45, 2.75) is 12.5 Å². The van der Waals surface area contributed by atoms with Crippen molar-refractivity contribution >= 4 is 6.09 Å². The minimum absolute atomic E-state index is 0.0916. The van der Waals surface area contributed by atoms with Gasteiger partial charge in [0.25, 0.3) is 0 Å². The zero-order valence-electron chi connectivity index (χ0n) is 6.03. The van der Waals surface area contributed by atoms with E-state index >= 15 is 0 Å². The third kappa shape index (κ3) is 2.23. The van der Waals surface area contributed by atoms with Crippen LogP contribution in [-0.2, 0) is 0 Å². The molecule has 0 saturated carbocycles. The van der Waals surface area contributed by atoms with E-state index in [0.717, 1.165) is 0 Å². The van der Waals surface area contributed by atoms with E-state index in [1.54, 1.807) is 6.08 Å². The van der Waals surface area contributed by atoms with Crippen molar-refractivity contribution in [2.75, 3.05) is 6.61 Å². The van der Waals surface area contributed by atoms with Crippen LogP contribution >= 0.6 is 0 Å². The zero-order valence-corrected chi connectivity index (χ0v) is 6.03. The first-order valence-electron chi connectivity index (χ1n) is 3.51. The van der Waals surface area contributed by atoms with Gasteiger partial charge in [-0.3, -0.25) is 0 Å². The minimum Gasteiger partial charge on any atom is -0.465 e. The third-order valence-corrected chi connectivity index (χ3v) is 1.72. The van der Waals surface area contributed by atoms with Gasteiger partial charge in [-0.15, -0.1) is 0 Å². The number of carboxylic acid groups (broad SMARTS) is 1. The second-order valence-electron chi connectivity index (χ2n) is 2.62. The summed E-state index contributed by atoms with van der Waals surface area (Å²) in [4.78, 5) is 10.1. The molecule has 0 bridgehead atoms. The van der Waals surface area contributed by atoms with Gasteiger partial charge in [0.05, 0.1) is 6.04 Å². The van der Waals surface area contributed by atoms with Crippen LogP contribution in [0.4, 0.5) is 4.79 Å². The van der Waals surface area contributed by atoms with Crippen LogP contribution in [0.2, 0.25) is 0 Å². The second kappa shape index (κ2) is 3.39. The normalized spacial score (nSPS) is 28.8. The van der Waals surface area contributed by atoms with Crippen LogP contribution in [0, 0.1) is 5.92 Å². The van der Waals surface area contributed by atoms with Crippen molar-refractivity contribution in [2.24, 2.45) is 5.92 Å². The van der Waals surface area contributed by atoms with E-state index in [9.17, 15) is 4.79 Å². The van der Waals surface area contributed by atoms with Gasteiger partial charge in [0, 0.05) is 12.5 Å². The molecule has 0 aromatic rings. The fourth-order valence-electron chi connectivity index (χ4n) is 1.18. The maximum atomic E-state index is 10.1. The summed E-state index contributed by atoms with van der Waals surface area (Å²) in [5, 5.41) is 19.3. The molecule has 0 aromatic heterocycles. The summed E-state index contributed by atoms with van der Waals surface area (Å²) < 4.78 is 0. The predicted molar refractivity (Wildman–Crippen MR) is 39.3 cm³/mol. The smallest absolute Gasteiger partial charge is 0.405 e.